The second-order valence-corrected chi connectivity index (χ2v) is 4.05. The van der Waals surface area contributed by atoms with Crippen LogP contribution in [-0.2, 0) is 10.2 Å². The normalized spacial score (nSPS) is 22.9. The van der Waals surface area contributed by atoms with E-state index >= 15 is 0 Å². The fraction of sp³-hybridized carbons (Fsp3) is 1.00. The third-order valence-corrected chi connectivity index (χ3v) is 2.76. The van der Waals surface area contributed by atoms with Crippen molar-refractivity contribution in [1.82, 2.24) is 4.31 Å². The maximum Gasteiger partial charge on any atom is 0.276 e. The van der Waals surface area contributed by atoms with Crippen LogP contribution in [0.2, 0.25) is 0 Å². The van der Waals surface area contributed by atoms with Gasteiger partial charge in [-0.1, -0.05) is 6.42 Å². The van der Waals surface area contributed by atoms with E-state index in [1.54, 1.807) is 0 Å². The smallest absolute Gasteiger partial charge is 0.216 e. The van der Waals surface area contributed by atoms with E-state index in [-0.39, 0.29) is 0 Å². The molecular weight excluding hydrogens is 152 g/mol. The zero-order valence-corrected chi connectivity index (χ0v) is 6.60. The first-order valence-corrected chi connectivity index (χ1v) is 4.89. The van der Waals surface area contributed by atoms with Gasteiger partial charge in [0.15, 0.2) is 0 Å². The summed E-state index contributed by atoms with van der Waals surface area (Å²) in [5.74, 6) is 0. The average molecular weight is 164 g/mol. The third-order valence-electron chi connectivity index (χ3n) is 1.67. The highest BCUT2D eigenvalue weighted by atomic mass is 32.2. The first-order chi connectivity index (χ1) is 4.61. The minimum Gasteiger partial charge on any atom is -0.216 e. The van der Waals surface area contributed by atoms with Crippen molar-refractivity contribution in [1.29, 1.82) is 0 Å². The van der Waals surface area contributed by atoms with E-state index in [1.807, 2.05) is 0 Å². The Morgan fingerprint density at radius 1 is 1.10 bits per heavy atom. The maximum absolute atomic E-state index is 10.7. The number of nitrogens with zero attached hydrogens (tertiary/aromatic N) is 1. The molecule has 0 unspecified atom stereocenters. The zero-order valence-electron chi connectivity index (χ0n) is 5.78. The van der Waals surface area contributed by atoms with Gasteiger partial charge in [-0.2, -0.15) is 12.7 Å². The third kappa shape index (κ3) is 1.93. The molecule has 0 aromatic rings. The predicted octanol–water partition coefficient (Wildman–Crippen LogP) is -0.324. The van der Waals surface area contributed by atoms with E-state index in [0.717, 1.165) is 19.3 Å². The number of nitrogens with two attached hydrogens (primary N) is 1. The van der Waals surface area contributed by atoms with Gasteiger partial charge in [0, 0.05) is 13.1 Å². The molecule has 0 spiro atoms. The van der Waals surface area contributed by atoms with Gasteiger partial charge in [0.05, 0.1) is 0 Å². The molecule has 0 aliphatic carbocycles. The maximum atomic E-state index is 10.7. The van der Waals surface area contributed by atoms with Crippen LogP contribution in [0, 0.1) is 0 Å². The minimum absolute atomic E-state index is 0.596. The highest BCUT2D eigenvalue weighted by Crippen LogP contribution is 2.09. The van der Waals surface area contributed by atoms with Crippen molar-refractivity contribution < 1.29 is 8.42 Å². The van der Waals surface area contributed by atoms with Crippen molar-refractivity contribution in [3.05, 3.63) is 0 Å². The number of hydrogen-bond acceptors (Lipinski definition) is 2. The Labute approximate surface area is 61.2 Å². The summed E-state index contributed by atoms with van der Waals surface area (Å²) in [6.45, 7) is 1.19. The average Bonchev–Trinajstić information content (AvgIpc) is 1.88. The lowest BCUT2D eigenvalue weighted by atomic mass is 10.2. The van der Waals surface area contributed by atoms with Crippen LogP contribution in [0.15, 0.2) is 0 Å². The van der Waals surface area contributed by atoms with Gasteiger partial charge >= 0.3 is 0 Å². The van der Waals surface area contributed by atoms with Gasteiger partial charge in [-0.05, 0) is 12.8 Å². The molecule has 0 bridgehead atoms. The van der Waals surface area contributed by atoms with E-state index < -0.39 is 10.2 Å². The molecule has 0 saturated carbocycles. The van der Waals surface area contributed by atoms with Crippen LogP contribution in [0.3, 0.4) is 0 Å². The molecule has 0 aromatic heterocycles. The Bertz CT molecular complexity index is 194. The van der Waals surface area contributed by atoms with E-state index in [4.69, 9.17) is 5.14 Å². The molecule has 1 heterocycles. The SMILES string of the molecule is NS(=O)(=O)N1CCCCC1. The molecule has 1 aliphatic rings. The fourth-order valence-electron chi connectivity index (χ4n) is 1.12. The highest BCUT2D eigenvalue weighted by Gasteiger charge is 2.18. The number of hydrogen-bond donors (Lipinski definition) is 1. The van der Waals surface area contributed by atoms with Gasteiger partial charge in [-0.3, -0.25) is 0 Å². The zero-order chi connectivity index (χ0) is 7.61. The monoisotopic (exact) mass is 164 g/mol. The highest BCUT2D eigenvalue weighted by molar-refractivity contribution is 7.86. The van der Waals surface area contributed by atoms with Gasteiger partial charge < -0.3 is 0 Å². The molecule has 60 valence electrons. The Morgan fingerprint density at radius 3 is 1.90 bits per heavy atom. The summed E-state index contributed by atoms with van der Waals surface area (Å²) in [5.41, 5.74) is 0. The molecule has 1 aliphatic heterocycles. The van der Waals surface area contributed by atoms with E-state index in [2.05, 4.69) is 0 Å². The van der Waals surface area contributed by atoms with Crippen molar-refractivity contribution in [2.24, 2.45) is 5.14 Å². The summed E-state index contributed by atoms with van der Waals surface area (Å²) in [6, 6.07) is 0. The first kappa shape index (κ1) is 7.97. The number of rotatable bonds is 1. The van der Waals surface area contributed by atoms with Crippen molar-refractivity contribution in [3.63, 3.8) is 0 Å². The topological polar surface area (TPSA) is 63.4 Å². The van der Waals surface area contributed by atoms with Gasteiger partial charge in [0.2, 0.25) is 0 Å². The first-order valence-electron chi connectivity index (χ1n) is 3.38. The fourth-order valence-corrected chi connectivity index (χ4v) is 1.89. The molecule has 10 heavy (non-hydrogen) atoms. The Hall–Kier alpha value is -0.130. The summed E-state index contributed by atoms with van der Waals surface area (Å²) >= 11 is 0. The summed E-state index contributed by atoms with van der Waals surface area (Å²) in [5, 5.41) is 4.91. The molecule has 4 nitrogen and oxygen atoms in total. The molecule has 1 saturated heterocycles. The van der Waals surface area contributed by atoms with E-state index in [1.165, 1.54) is 4.31 Å². The lowest BCUT2D eigenvalue weighted by molar-refractivity contribution is 0.347. The standard InChI is InChI=1S/C5H12N2O2S/c6-10(8,9)7-4-2-1-3-5-7/h1-5H2,(H2,6,8,9). The van der Waals surface area contributed by atoms with Gasteiger partial charge in [-0.15, -0.1) is 0 Å². The molecule has 0 aromatic carbocycles. The summed E-state index contributed by atoms with van der Waals surface area (Å²) in [4.78, 5) is 0. The summed E-state index contributed by atoms with van der Waals surface area (Å²) in [7, 11) is -3.39. The Balaban J connectivity index is 2.56. The molecule has 1 fully saturated rings. The molecular formula is C5H12N2O2S. The van der Waals surface area contributed by atoms with Crippen molar-refractivity contribution >= 4 is 10.2 Å². The molecule has 0 amide bonds. The lowest BCUT2D eigenvalue weighted by Gasteiger charge is -2.23. The van der Waals surface area contributed by atoms with Crippen LogP contribution in [0.4, 0.5) is 0 Å². The van der Waals surface area contributed by atoms with Gasteiger partial charge in [0.1, 0.15) is 0 Å². The predicted molar refractivity (Wildman–Crippen MR) is 38.5 cm³/mol. The second-order valence-electron chi connectivity index (χ2n) is 2.50. The summed E-state index contributed by atoms with van der Waals surface area (Å²) < 4.78 is 22.7. The van der Waals surface area contributed by atoms with Crippen LogP contribution < -0.4 is 5.14 Å². The van der Waals surface area contributed by atoms with Gasteiger partial charge in [-0.25, -0.2) is 5.14 Å². The van der Waals surface area contributed by atoms with Crippen LogP contribution in [-0.4, -0.2) is 25.8 Å². The van der Waals surface area contributed by atoms with Crippen LogP contribution >= 0.6 is 0 Å². The van der Waals surface area contributed by atoms with Crippen molar-refractivity contribution in [2.45, 2.75) is 19.3 Å². The largest absolute Gasteiger partial charge is 0.276 e. The molecule has 1 rings (SSSR count). The Morgan fingerprint density at radius 2 is 1.60 bits per heavy atom. The molecule has 2 N–H and O–H groups in total. The summed E-state index contributed by atoms with van der Waals surface area (Å²) in [6.07, 6.45) is 3.00. The minimum atomic E-state index is -3.39. The molecule has 0 radical (unpaired) electrons. The van der Waals surface area contributed by atoms with E-state index in [9.17, 15) is 8.42 Å². The second kappa shape index (κ2) is 2.86. The van der Waals surface area contributed by atoms with E-state index in [0.29, 0.717) is 13.1 Å². The van der Waals surface area contributed by atoms with Crippen LogP contribution in [0.1, 0.15) is 19.3 Å². The quantitative estimate of drug-likeness (QED) is 0.577. The molecule has 0 atom stereocenters. The van der Waals surface area contributed by atoms with Crippen molar-refractivity contribution in [2.75, 3.05) is 13.1 Å². The molecule has 5 heteroatoms. The van der Waals surface area contributed by atoms with Crippen LogP contribution in [0.5, 0.6) is 0 Å². The van der Waals surface area contributed by atoms with Gasteiger partial charge in [0.25, 0.3) is 10.2 Å². The van der Waals surface area contributed by atoms with Crippen LogP contribution in [0.25, 0.3) is 0 Å². The lowest BCUT2D eigenvalue weighted by Crippen LogP contribution is -2.40. The Kier molecular flexibility index (Phi) is 2.28. The van der Waals surface area contributed by atoms with Crippen molar-refractivity contribution in [3.8, 4) is 0 Å². The number of piperidine rings is 1.